The molecule has 3 aromatic rings. The van der Waals surface area contributed by atoms with Crippen molar-refractivity contribution < 1.29 is 18.9 Å². The Hall–Kier alpha value is -3.47. The Kier molecular flexibility index (Phi) is 6.08. The van der Waals surface area contributed by atoms with Gasteiger partial charge < -0.3 is 4.42 Å². The van der Waals surface area contributed by atoms with E-state index in [4.69, 9.17) is 28.2 Å². The summed E-state index contributed by atoms with van der Waals surface area (Å²) in [5.41, 5.74) is 3.10. The monoisotopic (exact) mass is 485 g/mol. The van der Waals surface area contributed by atoms with Gasteiger partial charge in [0, 0.05) is 29.3 Å². The van der Waals surface area contributed by atoms with E-state index in [0.717, 1.165) is 16.8 Å². The second-order valence-electron chi connectivity index (χ2n) is 6.45. The number of hydrazine groups is 1. The Morgan fingerprint density at radius 3 is 2.66 bits per heavy atom. The van der Waals surface area contributed by atoms with Crippen LogP contribution in [0, 0.1) is 10.1 Å². The fourth-order valence-corrected chi connectivity index (χ4v) is 4.21. The number of thioether (sulfide) groups is 1. The molecule has 1 aromatic heterocycles. The molecule has 0 radical (unpaired) electrons. The van der Waals surface area contributed by atoms with E-state index in [0.29, 0.717) is 22.6 Å². The van der Waals surface area contributed by atoms with Crippen LogP contribution in [0.15, 0.2) is 70.0 Å². The second-order valence-corrected chi connectivity index (χ2v) is 8.53. The number of furan rings is 1. The average molecular weight is 486 g/mol. The van der Waals surface area contributed by atoms with Crippen LogP contribution >= 0.6 is 35.6 Å². The Morgan fingerprint density at radius 1 is 1.19 bits per heavy atom. The van der Waals surface area contributed by atoms with Gasteiger partial charge in [0.25, 0.3) is 17.5 Å². The van der Waals surface area contributed by atoms with Crippen molar-refractivity contribution in [3.63, 3.8) is 0 Å². The first-order valence-corrected chi connectivity index (χ1v) is 10.6. The van der Waals surface area contributed by atoms with E-state index >= 15 is 0 Å². The number of hydrogen-bond acceptors (Lipinski definition) is 7. The maximum Gasteiger partial charge on any atom is 0.285 e. The number of nitrogens with one attached hydrogen (secondary N) is 1. The predicted molar refractivity (Wildman–Crippen MR) is 125 cm³/mol. The van der Waals surface area contributed by atoms with Crippen molar-refractivity contribution in [1.29, 1.82) is 0 Å². The number of benzene rings is 2. The summed E-state index contributed by atoms with van der Waals surface area (Å²) >= 11 is 12.4. The van der Waals surface area contributed by atoms with Crippen LogP contribution in [0.1, 0.15) is 16.1 Å². The molecule has 2 heterocycles. The number of carbonyl (C=O) groups is 2. The minimum absolute atomic E-state index is 0.127. The van der Waals surface area contributed by atoms with Gasteiger partial charge in [-0.25, -0.2) is 0 Å². The first-order valence-electron chi connectivity index (χ1n) is 9.01. The molecular weight excluding hydrogens is 474 g/mol. The first-order chi connectivity index (χ1) is 15.3. The number of nitro benzene ring substituents is 1. The highest BCUT2D eigenvalue weighted by atomic mass is 35.5. The fraction of sp³-hybridized carbons (Fsp3) is 0. The summed E-state index contributed by atoms with van der Waals surface area (Å²) in [5, 5.41) is 12.3. The number of non-ortho nitro benzene ring substituents is 1. The molecule has 2 aromatic carbocycles. The molecule has 0 bridgehead atoms. The van der Waals surface area contributed by atoms with Gasteiger partial charge in [-0.15, -0.1) is 0 Å². The molecule has 8 nitrogen and oxygen atoms in total. The number of nitro groups is 1. The summed E-state index contributed by atoms with van der Waals surface area (Å²) in [6.45, 7) is 0. The van der Waals surface area contributed by atoms with Crippen LogP contribution in [0.4, 0.5) is 5.69 Å². The molecule has 0 spiro atoms. The van der Waals surface area contributed by atoms with Gasteiger partial charge in [-0.2, -0.15) is 5.01 Å². The largest absolute Gasteiger partial charge is 0.457 e. The van der Waals surface area contributed by atoms with Gasteiger partial charge in [0.1, 0.15) is 11.5 Å². The third-order valence-corrected chi connectivity index (χ3v) is 6.00. The molecule has 11 heteroatoms. The second kappa shape index (κ2) is 8.95. The van der Waals surface area contributed by atoms with Gasteiger partial charge in [-0.3, -0.25) is 25.1 Å². The molecule has 1 N–H and O–H groups in total. The zero-order valence-electron chi connectivity index (χ0n) is 16.0. The molecular formula is C21H12ClN3O5S2. The quantitative estimate of drug-likeness (QED) is 0.233. The van der Waals surface area contributed by atoms with E-state index < -0.39 is 16.7 Å². The van der Waals surface area contributed by atoms with E-state index in [1.165, 1.54) is 24.3 Å². The lowest BCUT2D eigenvalue weighted by atomic mass is 10.1. The van der Waals surface area contributed by atoms with Gasteiger partial charge in [0.05, 0.1) is 14.9 Å². The maximum absolute atomic E-state index is 12.7. The van der Waals surface area contributed by atoms with Crippen molar-refractivity contribution in [3.8, 4) is 11.3 Å². The Labute approximate surface area is 196 Å². The highest BCUT2D eigenvalue weighted by Crippen LogP contribution is 2.35. The van der Waals surface area contributed by atoms with Crippen molar-refractivity contribution in [2.24, 2.45) is 0 Å². The van der Waals surface area contributed by atoms with Crippen LogP contribution in [0.2, 0.25) is 5.02 Å². The van der Waals surface area contributed by atoms with Crippen LogP contribution in [-0.2, 0) is 4.79 Å². The Bertz CT molecular complexity index is 1290. The van der Waals surface area contributed by atoms with Crippen LogP contribution in [0.3, 0.4) is 0 Å². The Balaban J connectivity index is 1.54. The Morgan fingerprint density at radius 2 is 1.94 bits per heavy atom. The lowest BCUT2D eigenvalue weighted by Gasteiger charge is -2.15. The molecule has 2 amide bonds. The molecule has 32 heavy (non-hydrogen) atoms. The SMILES string of the molecule is O=C(NN1C(=O)/C(=C\c2ccc(-c3cc([N+](=O)[O-])ccc3Cl)o2)SC1=S)c1ccccc1. The van der Waals surface area contributed by atoms with Crippen molar-refractivity contribution in [2.45, 2.75) is 0 Å². The van der Waals surface area contributed by atoms with Gasteiger partial charge in [-0.1, -0.05) is 41.6 Å². The fourth-order valence-electron chi connectivity index (χ4n) is 2.84. The molecule has 0 unspecified atom stereocenters. The standard InChI is InChI=1S/C21H12ClN3O5S2/c22-16-8-6-13(25(28)29)10-15(16)17-9-7-14(30-17)11-18-20(27)24(21(31)32-18)23-19(26)12-4-2-1-3-5-12/h1-11H,(H,23,26)/b18-11+. The predicted octanol–water partition coefficient (Wildman–Crippen LogP) is 5.05. The summed E-state index contributed by atoms with van der Waals surface area (Å²) < 4.78 is 5.88. The minimum atomic E-state index is -0.529. The molecule has 1 aliphatic heterocycles. The van der Waals surface area contributed by atoms with Gasteiger partial charge >= 0.3 is 0 Å². The van der Waals surface area contributed by atoms with E-state index in [-0.39, 0.29) is 19.9 Å². The highest BCUT2D eigenvalue weighted by Gasteiger charge is 2.34. The van der Waals surface area contributed by atoms with Crippen LogP contribution in [-0.4, -0.2) is 26.1 Å². The maximum atomic E-state index is 12.7. The third kappa shape index (κ3) is 4.42. The number of rotatable bonds is 5. The normalized spacial score (nSPS) is 14.8. The first kappa shape index (κ1) is 21.8. The van der Waals surface area contributed by atoms with E-state index in [9.17, 15) is 19.7 Å². The summed E-state index contributed by atoms with van der Waals surface area (Å²) in [5.74, 6) is -0.352. The molecule has 1 saturated heterocycles. The smallest absolute Gasteiger partial charge is 0.285 e. The average Bonchev–Trinajstić information content (AvgIpc) is 3.34. The summed E-state index contributed by atoms with van der Waals surface area (Å²) in [4.78, 5) is 35.8. The number of nitrogens with zero attached hydrogens (tertiary/aromatic N) is 2. The van der Waals surface area contributed by atoms with Crippen LogP contribution < -0.4 is 5.43 Å². The van der Waals surface area contributed by atoms with Crippen molar-refractivity contribution in [1.82, 2.24) is 10.4 Å². The number of hydrogen-bond donors (Lipinski definition) is 1. The van der Waals surface area contributed by atoms with E-state index in [2.05, 4.69) is 5.43 Å². The topological polar surface area (TPSA) is 106 Å². The number of thiocarbonyl (C=S) groups is 1. The summed E-state index contributed by atoms with van der Waals surface area (Å²) in [6.07, 6.45) is 1.47. The summed E-state index contributed by atoms with van der Waals surface area (Å²) in [7, 11) is 0. The lowest BCUT2D eigenvalue weighted by Crippen LogP contribution is -2.44. The van der Waals surface area contributed by atoms with Gasteiger partial charge in [-0.05, 0) is 42.5 Å². The molecule has 1 aliphatic rings. The van der Waals surface area contributed by atoms with E-state index in [1.54, 1.807) is 42.5 Å². The molecule has 4 rings (SSSR count). The molecule has 0 saturated carbocycles. The molecule has 160 valence electrons. The van der Waals surface area contributed by atoms with Crippen molar-refractivity contribution >= 4 is 63.5 Å². The van der Waals surface area contributed by atoms with Gasteiger partial charge in [0.2, 0.25) is 0 Å². The van der Waals surface area contributed by atoms with Crippen LogP contribution in [0.5, 0.6) is 0 Å². The number of halogens is 1. The summed E-state index contributed by atoms with van der Waals surface area (Å²) in [6, 6.07) is 15.6. The number of carbonyl (C=O) groups excluding carboxylic acids is 2. The lowest BCUT2D eigenvalue weighted by molar-refractivity contribution is -0.384. The van der Waals surface area contributed by atoms with Crippen molar-refractivity contribution in [2.75, 3.05) is 0 Å². The zero-order valence-corrected chi connectivity index (χ0v) is 18.4. The highest BCUT2D eigenvalue weighted by molar-refractivity contribution is 8.26. The van der Waals surface area contributed by atoms with E-state index in [1.807, 2.05) is 0 Å². The molecule has 1 fully saturated rings. The van der Waals surface area contributed by atoms with Crippen molar-refractivity contribution in [3.05, 3.63) is 92.0 Å². The third-order valence-electron chi connectivity index (χ3n) is 4.37. The minimum Gasteiger partial charge on any atom is -0.457 e. The molecule has 0 atom stereocenters. The van der Waals surface area contributed by atoms with Gasteiger partial charge in [0.15, 0.2) is 4.32 Å². The van der Waals surface area contributed by atoms with Crippen LogP contribution in [0.25, 0.3) is 17.4 Å². The zero-order chi connectivity index (χ0) is 22.8. The molecule has 0 aliphatic carbocycles. The number of amides is 2.